The molecule has 0 spiro atoms. The lowest BCUT2D eigenvalue weighted by atomic mass is 10.2. The molecule has 0 saturated carbocycles. The van der Waals surface area contributed by atoms with Gasteiger partial charge in [0.2, 0.25) is 0 Å². The van der Waals surface area contributed by atoms with Crippen LogP contribution in [0.5, 0.6) is 0 Å². The van der Waals surface area contributed by atoms with Crippen molar-refractivity contribution in [3.8, 4) is 11.4 Å². The van der Waals surface area contributed by atoms with Crippen molar-refractivity contribution in [1.29, 1.82) is 0 Å². The fourth-order valence-corrected chi connectivity index (χ4v) is 2.64. The van der Waals surface area contributed by atoms with Crippen LogP contribution in [-0.2, 0) is 0 Å². The number of hydrogen-bond acceptors (Lipinski definition) is 5. The minimum Gasteiger partial charge on any atom is -0.356 e. The van der Waals surface area contributed by atoms with Gasteiger partial charge >= 0.3 is 0 Å². The van der Waals surface area contributed by atoms with Crippen LogP contribution in [0.4, 0.5) is 5.82 Å². The molecule has 1 unspecified atom stereocenters. The lowest BCUT2D eigenvalue weighted by Crippen LogP contribution is -2.31. The molecule has 106 valence electrons. The van der Waals surface area contributed by atoms with Crippen molar-refractivity contribution >= 4 is 17.6 Å². The molecule has 0 aliphatic heterocycles. The predicted molar refractivity (Wildman–Crippen MR) is 86.2 cm³/mol. The summed E-state index contributed by atoms with van der Waals surface area (Å²) in [6, 6.07) is 6.34. The quantitative estimate of drug-likeness (QED) is 0.846. The smallest absolute Gasteiger partial charge is 0.163 e. The van der Waals surface area contributed by atoms with Crippen LogP contribution in [0.2, 0.25) is 0 Å². The molecule has 0 aromatic carbocycles. The van der Waals surface area contributed by atoms with Gasteiger partial charge in [0.1, 0.15) is 5.82 Å². The Kier molecular flexibility index (Phi) is 4.95. The van der Waals surface area contributed by atoms with E-state index in [0.29, 0.717) is 6.04 Å². The molecule has 0 aliphatic carbocycles. The SMILES string of the molecule is CSCC(C)N(C)c1cc(C)nc(-c2cccnc2)n1. The summed E-state index contributed by atoms with van der Waals surface area (Å²) in [5.74, 6) is 2.76. The van der Waals surface area contributed by atoms with E-state index in [2.05, 4.69) is 40.1 Å². The third-order valence-electron chi connectivity index (χ3n) is 3.19. The minimum atomic E-state index is 0.432. The number of thioether (sulfide) groups is 1. The van der Waals surface area contributed by atoms with Crippen molar-refractivity contribution in [3.05, 3.63) is 36.3 Å². The summed E-state index contributed by atoms with van der Waals surface area (Å²) in [4.78, 5) is 15.5. The van der Waals surface area contributed by atoms with Gasteiger partial charge in [0, 0.05) is 48.6 Å². The van der Waals surface area contributed by atoms with Crippen molar-refractivity contribution in [1.82, 2.24) is 15.0 Å². The first-order valence-corrected chi connectivity index (χ1v) is 7.99. The molecular formula is C15H20N4S. The highest BCUT2D eigenvalue weighted by Gasteiger charge is 2.13. The molecule has 0 N–H and O–H groups in total. The van der Waals surface area contributed by atoms with Crippen LogP contribution in [-0.4, -0.2) is 40.1 Å². The number of nitrogens with zero attached hydrogens (tertiary/aromatic N) is 4. The van der Waals surface area contributed by atoms with Gasteiger partial charge in [-0.25, -0.2) is 9.97 Å². The van der Waals surface area contributed by atoms with E-state index >= 15 is 0 Å². The van der Waals surface area contributed by atoms with E-state index in [9.17, 15) is 0 Å². The number of aromatic nitrogens is 3. The Balaban J connectivity index is 2.34. The zero-order chi connectivity index (χ0) is 14.5. The van der Waals surface area contributed by atoms with Crippen molar-refractivity contribution in [2.45, 2.75) is 19.9 Å². The number of hydrogen-bond donors (Lipinski definition) is 0. The zero-order valence-corrected chi connectivity index (χ0v) is 13.2. The second-order valence-corrected chi connectivity index (χ2v) is 5.76. The summed E-state index contributed by atoms with van der Waals surface area (Å²) in [5.41, 5.74) is 1.92. The number of aryl methyl sites for hydroxylation is 1. The molecule has 2 aromatic heterocycles. The summed E-state index contributed by atoms with van der Waals surface area (Å²) in [7, 11) is 2.08. The first-order valence-electron chi connectivity index (χ1n) is 6.59. The van der Waals surface area contributed by atoms with Gasteiger partial charge in [0.15, 0.2) is 5.82 Å². The second-order valence-electron chi connectivity index (χ2n) is 4.85. The number of rotatable bonds is 5. The molecule has 0 aliphatic rings. The molecule has 0 fully saturated rings. The average Bonchev–Trinajstić information content (AvgIpc) is 2.47. The molecular weight excluding hydrogens is 268 g/mol. The van der Waals surface area contributed by atoms with Crippen LogP contribution in [0, 0.1) is 6.92 Å². The van der Waals surface area contributed by atoms with E-state index in [1.807, 2.05) is 36.9 Å². The van der Waals surface area contributed by atoms with Crippen LogP contribution in [0.3, 0.4) is 0 Å². The van der Waals surface area contributed by atoms with Gasteiger partial charge in [-0.2, -0.15) is 11.8 Å². The van der Waals surface area contributed by atoms with Gasteiger partial charge in [0.05, 0.1) is 0 Å². The van der Waals surface area contributed by atoms with Crippen molar-refractivity contribution in [2.24, 2.45) is 0 Å². The van der Waals surface area contributed by atoms with E-state index in [1.165, 1.54) is 0 Å². The van der Waals surface area contributed by atoms with E-state index in [-0.39, 0.29) is 0 Å². The predicted octanol–water partition coefficient (Wildman–Crippen LogP) is 3.03. The van der Waals surface area contributed by atoms with Gasteiger partial charge in [-0.15, -0.1) is 0 Å². The summed E-state index contributed by atoms with van der Waals surface area (Å²) in [6.07, 6.45) is 5.67. The van der Waals surface area contributed by atoms with Crippen LogP contribution in [0.1, 0.15) is 12.6 Å². The maximum atomic E-state index is 4.67. The Morgan fingerprint density at radius 3 is 2.80 bits per heavy atom. The molecule has 2 aromatic rings. The fourth-order valence-electron chi connectivity index (χ4n) is 1.94. The van der Waals surface area contributed by atoms with E-state index < -0.39 is 0 Å². The summed E-state index contributed by atoms with van der Waals surface area (Å²) < 4.78 is 0. The van der Waals surface area contributed by atoms with Gasteiger partial charge < -0.3 is 4.90 Å². The third-order valence-corrected chi connectivity index (χ3v) is 4.01. The standard InChI is InChI=1S/C15H20N4S/c1-11-8-14(19(3)12(2)10-20-4)18-15(17-11)13-6-5-7-16-9-13/h5-9,12H,10H2,1-4H3. The van der Waals surface area contributed by atoms with Crippen LogP contribution in [0.25, 0.3) is 11.4 Å². The van der Waals surface area contributed by atoms with Gasteiger partial charge in [0.25, 0.3) is 0 Å². The molecule has 0 radical (unpaired) electrons. The summed E-state index contributed by atoms with van der Waals surface area (Å²) in [6.45, 7) is 4.20. The molecule has 2 heterocycles. The normalized spacial score (nSPS) is 12.2. The van der Waals surface area contributed by atoms with Crippen molar-refractivity contribution in [2.75, 3.05) is 24.0 Å². The van der Waals surface area contributed by atoms with E-state index in [0.717, 1.165) is 28.7 Å². The average molecular weight is 288 g/mol. The number of pyridine rings is 1. The minimum absolute atomic E-state index is 0.432. The molecule has 2 rings (SSSR count). The Morgan fingerprint density at radius 2 is 2.15 bits per heavy atom. The van der Waals surface area contributed by atoms with Gasteiger partial charge in [-0.1, -0.05) is 0 Å². The Labute approximate surface area is 124 Å². The Morgan fingerprint density at radius 1 is 1.35 bits per heavy atom. The maximum Gasteiger partial charge on any atom is 0.163 e. The maximum absolute atomic E-state index is 4.67. The molecule has 20 heavy (non-hydrogen) atoms. The Hall–Kier alpha value is -1.62. The van der Waals surface area contributed by atoms with Crippen LogP contribution in [0.15, 0.2) is 30.6 Å². The molecule has 0 saturated heterocycles. The highest BCUT2D eigenvalue weighted by molar-refractivity contribution is 7.98. The largest absolute Gasteiger partial charge is 0.356 e. The zero-order valence-electron chi connectivity index (χ0n) is 12.4. The number of anilines is 1. The van der Waals surface area contributed by atoms with Gasteiger partial charge in [-0.3, -0.25) is 4.98 Å². The highest BCUT2D eigenvalue weighted by atomic mass is 32.2. The lowest BCUT2D eigenvalue weighted by Gasteiger charge is -2.25. The topological polar surface area (TPSA) is 41.9 Å². The summed E-state index contributed by atoms with van der Waals surface area (Å²) in [5, 5.41) is 0. The third kappa shape index (κ3) is 3.48. The molecule has 5 heteroatoms. The van der Waals surface area contributed by atoms with Crippen molar-refractivity contribution in [3.63, 3.8) is 0 Å². The Bertz CT molecular complexity index is 559. The van der Waals surface area contributed by atoms with Crippen molar-refractivity contribution < 1.29 is 0 Å². The van der Waals surface area contributed by atoms with E-state index in [4.69, 9.17) is 0 Å². The van der Waals surface area contributed by atoms with E-state index in [1.54, 1.807) is 12.4 Å². The first-order chi connectivity index (χ1) is 9.61. The highest BCUT2D eigenvalue weighted by Crippen LogP contribution is 2.20. The molecule has 4 nitrogen and oxygen atoms in total. The molecule has 0 bridgehead atoms. The summed E-state index contributed by atoms with van der Waals surface area (Å²) >= 11 is 1.84. The second kappa shape index (κ2) is 6.70. The van der Waals surface area contributed by atoms with Crippen LogP contribution >= 0.6 is 11.8 Å². The monoisotopic (exact) mass is 288 g/mol. The lowest BCUT2D eigenvalue weighted by molar-refractivity contribution is 0.751. The van der Waals surface area contributed by atoms with Gasteiger partial charge in [-0.05, 0) is 32.2 Å². The fraction of sp³-hybridized carbons (Fsp3) is 0.400. The first kappa shape index (κ1) is 14.8. The molecule has 1 atom stereocenters. The molecule has 0 amide bonds. The van der Waals surface area contributed by atoms with Crippen LogP contribution < -0.4 is 4.90 Å².